The van der Waals surface area contributed by atoms with Gasteiger partial charge in [-0.1, -0.05) is 0 Å². The SMILES string of the molecule is CCC[CH2][Zr]1([CH2]CCC)[CH]2C(C)=C(c3ccccc32)C(C)(C)C2=C(C)[CH]1c1ccccc12. The van der Waals surface area contributed by atoms with Gasteiger partial charge >= 0.3 is 201 Å². The maximum absolute atomic E-state index is 2.84. The van der Waals surface area contributed by atoms with Gasteiger partial charge in [0.1, 0.15) is 0 Å². The first-order valence-electron chi connectivity index (χ1n) is 13.0. The van der Waals surface area contributed by atoms with Crippen LogP contribution < -0.4 is 0 Å². The van der Waals surface area contributed by atoms with Crippen molar-refractivity contribution in [3.05, 3.63) is 81.9 Å². The average molecular weight is 504 g/mol. The Morgan fingerprint density at radius 1 is 0.688 bits per heavy atom. The first-order chi connectivity index (χ1) is 15.4. The molecule has 0 aromatic heterocycles. The molecule has 2 aliphatic carbocycles. The summed E-state index contributed by atoms with van der Waals surface area (Å²) in [5.41, 5.74) is 13.5. The summed E-state index contributed by atoms with van der Waals surface area (Å²) in [5.74, 6) is 0. The normalized spacial score (nSPS) is 24.3. The number of hydrogen-bond acceptors (Lipinski definition) is 0. The van der Waals surface area contributed by atoms with Crippen molar-refractivity contribution < 1.29 is 20.3 Å². The van der Waals surface area contributed by atoms with Crippen molar-refractivity contribution in [1.29, 1.82) is 0 Å². The Morgan fingerprint density at radius 2 is 1.09 bits per heavy atom. The third-order valence-corrected chi connectivity index (χ3v) is 24.8. The van der Waals surface area contributed by atoms with Crippen molar-refractivity contribution >= 4 is 11.1 Å². The number of benzene rings is 2. The molecular formula is C31H40Zr. The molecule has 3 aliphatic rings. The fourth-order valence-corrected chi connectivity index (χ4v) is 26.8. The van der Waals surface area contributed by atoms with Crippen LogP contribution in [0.5, 0.6) is 0 Å². The molecule has 0 fully saturated rings. The minimum atomic E-state index is -2.84. The molecule has 5 rings (SSSR count). The number of allylic oxidation sites excluding steroid dienone is 4. The monoisotopic (exact) mass is 502 g/mol. The van der Waals surface area contributed by atoms with Crippen molar-refractivity contribution in [2.24, 2.45) is 5.41 Å². The Labute approximate surface area is 200 Å². The number of rotatable bonds is 6. The van der Waals surface area contributed by atoms with Gasteiger partial charge in [0, 0.05) is 0 Å². The van der Waals surface area contributed by atoms with Gasteiger partial charge in [-0.3, -0.25) is 0 Å². The summed E-state index contributed by atoms with van der Waals surface area (Å²) in [5, 5.41) is 0. The van der Waals surface area contributed by atoms with Crippen LogP contribution in [0.2, 0.25) is 8.26 Å². The first kappa shape index (κ1) is 22.6. The van der Waals surface area contributed by atoms with Crippen LogP contribution in [-0.4, -0.2) is 0 Å². The zero-order valence-electron chi connectivity index (χ0n) is 21.0. The Kier molecular flexibility index (Phi) is 5.81. The molecule has 0 saturated carbocycles. The predicted molar refractivity (Wildman–Crippen MR) is 137 cm³/mol. The van der Waals surface area contributed by atoms with E-state index in [9.17, 15) is 0 Å². The third kappa shape index (κ3) is 2.95. The summed E-state index contributed by atoms with van der Waals surface area (Å²) in [4.78, 5) is 0. The van der Waals surface area contributed by atoms with Crippen molar-refractivity contribution in [3.63, 3.8) is 0 Å². The third-order valence-electron chi connectivity index (χ3n) is 9.13. The molecule has 168 valence electrons. The van der Waals surface area contributed by atoms with Gasteiger partial charge in [-0.05, 0) is 0 Å². The van der Waals surface area contributed by atoms with Crippen LogP contribution in [0.1, 0.15) is 96.7 Å². The molecule has 2 aromatic rings. The molecule has 0 N–H and O–H groups in total. The van der Waals surface area contributed by atoms with Gasteiger partial charge in [0.15, 0.2) is 0 Å². The summed E-state index contributed by atoms with van der Waals surface area (Å²) in [6, 6.07) is 19.1. The standard InChI is InChI=1S/C23H22.2C4H9.Zr/c1-15-13-17-9-5-7-11-19(17)21(15)23(3,4)22-16(2)14-18-10-6-8-12-20(18)22;2*1-3-4-2;/h5-14H,1-4H3;2*1,3-4H2,2H3;. The van der Waals surface area contributed by atoms with Crippen molar-refractivity contribution in [1.82, 2.24) is 0 Å². The van der Waals surface area contributed by atoms with Crippen LogP contribution in [0.15, 0.2) is 59.7 Å². The molecule has 0 saturated heterocycles. The second kappa shape index (κ2) is 8.23. The molecule has 2 atom stereocenters. The number of hydrogen-bond donors (Lipinski definition) is 0. The van der Waals surface area contributed by atoms with E-state index in [1.54, 1.807) is 44.5 Å². The topological polar surface area (TPSA) is 0 Å². The van der Waals surface area contributed by atoms with E-state index in [-0.39, 0.29) is 5.41 Å². The number of unbranched alkanes of at least 4 members (excludes halogenated alkanes) is 2. The molecular weight excluding hydrogens is 464 g/mol. The Morgan fingerprint density at radius 3 is 1.50 bits per heavy atom. The first-order valence-corrected chi connectivity index (χ1v) is 19.3. The molecule has 2 aromatic carbocycles. The zero-order valence-corrected chi connectivity index (χ0v) is 23.5. The molecule has 0 nitrogen and oxygen atoms in total. The average Bonchev–Trinajstić information content (AvgIpc) is 3.26. The van der Waals surface area contributed by atoms with E-state index in [0.29, 0.717) is 0 Å². The predicted octanol–water partition coefficient (Wildman–Crippen LogP) is 9.67. The van der Waals surface area contributed by atoms with Crippen LogP contribution in [0.4, 0.5) is 0 Å². The van der Waals surface area contributed by atoms with Gasteiger partial charge in [-0.25, -0.2) is 0 Å². The van der Waals surface area contributed by atoms with E-state index in [2.05, 4.69) is 90.1 Å². The molecule has 32 heavy (non-hydrogen) atoms. The molecule has 2 unspecified atom stereocenters. The quantitative estimate of drug-likeness (QED) is 0.368. The summed E-state index contributed by atoms with van der Waals surface area (Å²) >= 11 is -2.84. The summed E-state index contributed by atoms with van der Waals surface area (Å²) < 4.78 is 4.53. The molecule has 0 radical (unpaired) electrons. The van der Waals surface area contributed by atoms with E-state index in [0.717, 1.165) is 7.25 Å². The molecule has 0 amide bonds. The second-order valence-corrected chi connectivity index (χ2v) is 22.6. The van der Waals surface area contributed by atoms with Gasteiger partial charge in [0.2, 0.25) is 0 Å². The minimum absolute atomic E-state index is 0.0530. The van der Waals surface area contributed by atoms with Gasteiger partial charge in [0.05, 0.1) is 0 Å². The van der Waals surface area contributed by atoms with Crippen LogP contribution >= 0.6 is 0 Å². The van der Waals surface area contributed by atoms with E-state index in [4.69, 9.17) is 0 Å². The maximum atomic E-state index is 2.54. The Balaban J connectivity index is 1.89. The molecule has 0 spiro atoms. The molecule has 1 heteroatoms. The summed E-state index contributed by atoms with van der Waals surface area (Å²) in [6.45, 7) is 14.9. The van der Waals surface area contributed by atoms with Gasteiger partial charge < -0.3 is 0 Å². The Hall–Kier alpha value is -1.20. The van der Waals surface area contributed by atoms with Crippen LogP contribution in [0, 0.1) is 5.41 Å². The van der Waals surface area contributed by atoms with Crippen LogP contribution in [0.25, 0.3) is 11.1 Å². The molecule has 4 bridgehead atoms. The summed E-state index contributed by atoms with van der Waals surface area (Å²) in [7, 11) is 0. The van der Waals surface area contributed by atoms with Gasteiger partial charge in [-0.2, -0.15) is 0 Å². The van der Waals surface area contributed by atoms with Crippen LogP contribution in [-0.2, 0) is 20.3 Å². The van der Waals surface area contributed by atoms with Crippen molar-refractivity contribution in [3.8, 4) is 0 Å². The Bertz CT molecular complexity index is 1030. The fourth-order valence-electron chi connectivity index (χ4n) is 8.28. The van der Waals surface area contributed by atoms with Crippen molar-refractivity contribution in [2.75, 3.05) is 0 Å². The zero-order chi connectivity index (χ0) is 22.7. The molecule has 1 heterocycles. The van der Waals surface area contributed by atoms with E-state index >= 15 is 0 Å². The van der Waals surface area contributed by atoms with E-state index in [1.807, 2.05) is 0 Å². The second-order valence-electron chi connectivity index (χ2n) is 11.2. The van der Waals surface area contributed by atoms with Crippen LogP contribution in [0.3, 0.4) is 0 Å². The molecule has 1 aliphatic heterocycles. The van der Waals surface area contributed by atoms with Crippen molar-refractivity contribution in [2.45, 2.75) is 82.7 Å². The fraction of sp³-hybridized carbons (Fsp3) is 0.484. The van der Waals surface area contributed by atoms with E-state index < -0.39 is 20.3 Å². The van der Waals surface area contributed by atoms with Gasteiger partial charge in [-0.15, -0.1) is 0 Å². The summed E-state index contributed by atoms with van der Waals surface area (Å²) in [6.07, 6.45) is 5.46. The van der Waals surface area contributed by atoms with E-state index in [1.165, 1.54) is 33.9 Å². The number of fused-ring (bicyclic) bond motifs is 8. The van der Waals surface area contributed by atoms with Gasteiger partial charge in [0.25, 0.3) is 0 Å².